The van der Waals surface area contributed by atoms with Gasteiger partial charge >= 0.3 is 0 Å². The zero-order chi connectivity index (χ0) is 13.8. The second kappa shape index (κ2) is 5.91. The lowest BCUT2D eigenvalue weighted by atomic mass is 10.2. The van der Waals surface area contributed by atoms with Crippen LogP contribution in [0.25, 0.3) is 0 Å². The SMILES string of the molecule is COc1ccc(NC(C)C(=O)N2CCCC2)cc1F. The van der Waals surface area contributed by atoms with E-state index >= 15 is 0 Å². The molecule has 0 aliphatic carbocycles. The van der Waals surface area contributed by atoms with E-state index in [2.05, 4.69) is 5.32 Å². The first kappa shape index (κ1) is 13.6. The van der Waals surface area contributed by atoms with Crippen molar-refractivity contribution in [1.82, 2.24) is 4.90 Å². The monoisotopic (exact) mass is 266 g/mol. The molecule has 1 amide bonds. The van der Waals surface area contributed by atoms with E-state index in [0.717, 1.165) is 25.9 Å². The van der Waals surface area contributed by atoms with Gasteiger partial charge in [0.25, 0.3) is 0 Å². The summed E-state index contributed by atoms with van der Waals surface area (Å²) in [5.41, 5.74) is 0.582. The maximum absolute atomic E-state index is 13.5. The number of likely N-dealkylation sites (tertiary alicyclic amines) is 1. The van der Waals surface area contributed by atoms with Crippen LogP contribution in [0.1, 0.15) is 19.8 Å². The highest BCUT2D eigenvalue weighted by Crippen LogP contribution is 2.21. The quantitative estimate of drug-likeness (QED) is 0.909. The summed E-state index contributed by atoms with van der Waals surface area (Å²) in [6.45, 7) is 3.44. The number of methoxy groups -OCH3 is 1. The highest BCUT2D eigenvalue weighted by Gasteiger charge is 2.23. The van der Waals surface area contributed by atoms with Crippen molar-refractivity contribution >= 4 is 11.6 Å². The Hall–Kier alpha value is -1.78. The van der Waals surface area contributed by atoms with Crippen molar-refractivity contribution in [1.29, 1.82) is 0 Å². The third kappa shape index (κ3) is 3.16. The van der Waals surface area contributed by atoms with Crippen molar-refractivity contribution in [3.8, 4) is 5.75 Å². The number of hydrogen-bond acceptors (Lipinski definition) is 3. The molecule has 1 unspecified atom stereocenters. The minimum atomic E-state index is -0.437. The molecule has 104 valence electrons. The molecule has 1 heterocycles. The molecule has 0 bridgehead atoms. The van der Waals surface area contributed by atoms with Gasteiger partial charge in [0.15, 0.2) is 11.6 Å². The van der Waals surface area contributed by atoms with Crippen LogP contribution >= 0.6 is 0 Å². The van der Waals surface area contributed by atoms with E-state index in [1.54, 1.807) is 19.1 Å². The smallest absolute Gasteiger partial charge is 0.244 e. The summed E-state index contributed by atoms with van der Waals surface area (Å²) in [7, 11) is 1.42. The molecule has 1 aromatic carbocycles. The standard InChI is InChI=1S/C14H19FN2O2/c1-10(14(18)17-7-3-4-8-17)16-11-5-6-13(19-2)12(15)9-11/h5-6,9-10,16H,3-4,7-8H2,1-2H3. The van der Waals surface area contributed by atoms with E-state index in [9.17, 15) is 9.18 Å². The maximum Gasteiger partial charge on any atom is 0.244 e. The van der Waals surface area contributed by atoms with Gasteiger partial charge in [0.2, 0.25) is 5.91 Å². The van der Waals surface area contributed by atoms with Crippen molar-refractivity contribution in [3.05, 3.63) is 24.0 Å². The van der Waals surface area contributed by atoms with Crippen LogP contribution in [0.2, 0.25) is 0 Å². The average molecular weight is 266 g/mol. The fourth-order valence-corrected chi connectivity index (χ4v) is 2.28. The molecule has 1 atom stereocenters. The highest BCUT2D eigenvalue weighted by molar-refractivity contribution is 5.84. The number of amides is 1. The van der Waals surface area contributed by atoms with Gasteiger partial charge < -0.3 is 15.0 Å². The third-order valence-electron chi connectivity index (χ3n) is 3.32. The van der Waals surface area contributed by atoms with Gasteiger partial charge in [-0.15, -0.1) is 0 Å². The number of hydrogen-bond donors (Lipinski definition) is 1. The van der Waals surface area contributed by atoms with E-state index in [0.29, 0.717) is 5.69 Å². The minimum absolute atomic E-state index is 0.0636. The lowest BCUT2D eigenvalue weighted by Gasteiger charge is -2.22. The summed E-state index contributed by atoms with van der Waals surface area (Å²) in [4.78, 5) is 13.9. The number of halogens is 1. The Morgan fingerprint density at radius 1 is 1.42 bits per heavy atom. The van der Waals surface area contributed by atoms with Crippen molar-refractivity contribution in [2.24, 2.45) is 0 Å². The number of nitrogens with zero attached hydrogens (tertiary/aromatic N) is 1. The number of carbonyl (C=O) groups excluding carboxylic acids is 1. The molecule has 5 heteroatoms. The molecular weight excluding hydrogens is 247 g/mol. The molecule has 1 saturated heterocycles. The third-order valence-corrected chi connectivity index (χ3v) is 3.32. The molecule has 1 aromatic rings. The Morgan fingerprint density at radius 2 is 2.11 bits per heavy atom. The Kier molecular flexibility index (Phi) is 4.24. The van der Waals surface area contributed by atoms with Gasteiger partial charge in [-0.3, -0.25) is 4.79 Å². The van der Waals surface area contributed by atoms with Crippen LogP contribution in [0.5, 0.6) is 5.75 Å². The van der Waals surface area contributed by atoms with Crippen LogP contribution in [0.4, 0.5) is 10.1 Å². The van der Waals surface area contributed by atoms with Gasteiger partial charge in [-0.05, 0) is 31.9 Å². The Morgan fingerprint density at radius 3 is 2.68 bits per heavy atom. The predicted octanol–water partition coefficient (Wildman–Crippen LogP) is 2.26. The number of ether oxygens (including phenoxy) is 1. The van der Waals surface area contributed by atoms with Crippen molar-refractivity contribution in [3.63, 3.8) is 0 Å². The lowest BCUT2D eigenvalue weighted by Crippen LogP contribution is -2.39. The number of nitrogens with one attached hydrogen (secondary N) is 1. The second-order valence-corrected chi connectivity index (χ2v) is 4.75. The van der Waals surface area contributed by atoms with E-state index in [-0.39, 0.29) is 17.7 Å². The molecule has 19 heavy (non-hydrogen) atoms. The Balaban J connectivity index is 1.99. The first-order valence-corrected chi connectivity index (χ1v) is 6.50. The van der Waals surface area contributed by atoms with Gasteiger partial charge in [0, 0.05) is 24.8 Å². The predicted molar refractivity (Wildman–Crippen MR) is 71.9 cm³/mol. The Bertz CT molecular complexity index is 459. The topological polar surface area (TPSA) is 41.6 Å². The van der Waals surface area contributed by atoms with Crippen LogP contribution in [0, 0.1) is 5.82 Å². The molecule has 1 fully saturated rings. The Labute approximate surface area is 112 Å². The first-order valence-electron chi connectivity index (χ1n) is 6.50. The first-order chi connectivity index (χ1) is 9.11. The normalized spacial score (nSPS) is 16.3. The largest absolute Gasteiger partial charge is 0.494 e. The molecule has 0 saturated carbocycles. The fourth-order valence-electron chi connectivity index (χ4n) is 2.28. The van der Waals surface area contributed by atoms with Gasteiger partial charge in [-0.25, -0.2) is 4.39 Å². The van der Waals surface area contributed by atoms with Gasteiger partial charge in [0.1, 0.15) is 6.04 Å². The average Bonchev–Trinajstić information content (AvgIpc) is 2.92. The van der Waals surface area contributed by atoms with Crippen LogP contribution in [-0.4, -0.2) is 37.0 Å². The number of carbonyl (C=O) groups is 1. The summed E-state index contributed by atoms with van der Waals surface area (Å²) in [6.07, 6.45) is 2.13. The summed E-state index contributed by atoms with van der Waals surface area (Å²) < 4.78 is 18.4. The van der Waals surface area contributed by atoms with Crippen molar-refractivity contribution in [2.75, 3.05) is 25.5 Å². The van der Waals surface area contributed by atoms with E-state index in [1.807, 2.05) is 4.90 Å². The zero-order valence-corrected chi connectivity index (χ0v) is 11.3. The van der Waals surface area contributed by atoms with Gasteiger partial charge in [-0.1, -0.05) is 0 Å². The van der Waals surface area contributed by atoms with E-state index in [4.69, 9.17) is 4.74 Å². The molecule has 1 aliphatic rings. The van der Waals surface area contributed by atoms with Crippen molar-refractivity contribution < 1.29 is 13.9 Å². The summed E-state index contributed by atoms with van der Waals surface area (Å²) in [5.74, 6) is -0.175. The number of anilines is 1. The zero-order valence-electron chi connectivity index (χ0n) is 11.3. The summed E-state index contributed by atoms with van der Waals surface area (Å²) >= 11 is 0. The maximum atomic E-state index is 13.5. The van der Waals surface area contributed by atoms with Gasteiger partial charge in [-0.2, -0.15) is 0 Å². The molecule has 0 aromatic heterocycles. The summed E-state index contributed by atoms with van der Waals surface area (Å²) in [6, 6.07) is 4.23. The van der Waals surface area contributed by atoms with Crippen molar-refractivity contribution in [2.45, 2.75) is 25.8 Å². The van der Waals surface area contributed by atoms with Crippen LogP contribution < -0.4 is 10.1 Å². The van der Waals surface area contributed by atoms with Crippen LogP contribution in [0.15, 0.2) is 18.2 Å². The molecule has 2 rings (SSSR count). The van der Waals surface area contributed by atoms with E-state index < -0.39 is 5.82 Å². The molecule has 1 N–H and O–H groups in total. The number of rotatable bonds is 4. The fraction of sp³-hybridized carbons (Fsp3) is 0.500. The number of benzene rings is 1. The van der Waals surface area contributed by atoms with Crippen LogP contribution in [-0.2, 0) is 4.79 Å². The molecule has 0 radical (unpaired) electrons. The van der Waals surface area contributed by atoms with E-state index in [1.165, 1.54) is 13.2 Å². The van der Waals surface area contributed by atoms with Gasteiger partial charge in [0.05, 0.1) is 7.11 Å². The second-order valence-electron chi connectivity index (χ2n) is 4.75. The molecule has 1 aliphatic heterocycles. The summed E-state index contributed by atoms with van der Waals surface area (Å²) in [5, 5.41) is 3.02. The van der Waals surface area contributed by atoms with Crippen LogP contribution in [0.3, 0.4) is 0 Å². The molecule has 0 spiro atoms. The lowest BCUT2D eigenvalue weighted by molar-refractivity contribution is -0.130. The highest BCUT2D eigenvalue weighted by atomic mass is 19.1. The molecular formula is C14H19FN2O2. The molecule has 4 nitrogen and oxygen atoms in total. The minimum Gasteiger partial charge on any atom is -0.494 e.